The number of ether oxygens (including phenoxy) is 1. The number of aryl methyl sites for hydroxylation is 1. The molecule has 2 heterocycles. The molecule has 94 valence electrons. The largest absolute Gasteiger partial charge is 0.481 e. The Balaban J connectivity index is 2.35. The van der Waals surface area contributed by atoms with Crippen molar-refractivity contribution in [3.8, 4) is 5.88 Å². The van der Waals surface area contributed by atoms with Crippen molar-refractivity contribution < 1.29 is 4.74 Å². The number of rotatable bonds is 2. The van der Waals surface area contributed by atoms with Crippen molar-refractivity contribution in [3.05, 3.63) is 11.8 Å². The molecule has 1 aliphatic heterocycles. The van der Waals surface area contributed by atoms with E-state index in [1.165, 1.54) is 0 Å². The molecule has 17 heavy (non-hydrogen) atoms. The molecule has 0 aromatic carbocycles. The minimum absolute atomic E-state index is 0.0249. The molecule has 5 heteroatoms. The second-order valence-corrected chi connectivity index (χ2v) is 4.99. The summed E-state index contributed by atoms with van der Waals surface area (Å²) in [4.78, 5) is 11.2. The predicted molar refractivity (Wildman–Crippen MR) is 67.6 cm³/mol. The molecule has 5 nitrogen and oxygen atoms in total. The van der Waals surface area contributed by atoms with E-state index < -0.39 is 0 Å². The van der Waals surface area contributed by atoms with Crippen molar-refractivity contribution in [2.45, 2.75) is 26.3 Å². The fraction of sp³-hybridized carbons (Fsp3) is 0.667. The van der Waals surface area contributed by atoms with Crippen LogP contribution in [0.15, 0.2) is 6.07 Å². The van der Waals surface area contributed by atoms with Crippen molar-refractivity contribution in [2.75, 3.05) is 31.6 Å². The van der Waals surface area contributed by atoms with Gasteiger partial charge in [0.05, 0.1) is 7.11 Å². The number of hydrogen-bond acceptors (Lipinski definition) is 5. The summed E-state index contributed by atoms with van der Waals surface area (Å²) < 4.78 is 5.20. The summed E-state index contributed by atoms with van der Waals surface area (Å²) in [5, 5.41) is 3.39. The van der Waals surface area contributed by atoms with Gasteiger partial charge in [0.15, 0.2) is 0 Å². The molecule has 0 radical (unpaired) electrons. The Kier molecular flexibility index (Phi) is 3.19. The van der Waals surface area contributed by atoms with Crippen LogP contribution in [0.4, 0.5) is 5.95 Å². The lowest BCUT2D eigenvalue weighted by Gasteiger charge is -2.42. The van der Waals surface area contributed by atoms with Gasteiger partial charge in [-0.3, -0.25) is 0 Å². The number of hydrogen-bond donors (Lipinski definition) is 1. The minimum Gasteiger partial charge on any atom is -0.481 e. The van der Waals surface area contributed by atoms with E-state index in [0.29, 0.717) is 5.88 Å². The Morgan fingerprint density at radius 3 is 2.82 bits per heavy atom. The topological polar surface area (TPSA) is 50.3 Å². The molecule has 1 aromatic heterocycles. The summed E-state index contributed by atoms with van der Waals surface area (Å²) in [6.45, 7) is 9.16. The number of aromatic nitrogens is 2. The molecule has 0 amide bonds. The monoisotopic (exact) mass is 236 g/mol. The van der Waals surface area contributed by atoms with Crippen molar-refractivity contribution in [1.29, 1.82) is 0 Å². The molecular weight excluding hydrogens is 216 g/mol. The van der Waals surface area contributed by atoms with Crippen LogP contribution < -0.4 is 15.0 Å². The molecule has 0 unspecified atom stereocenters. The molecule has 2 rings (SSSR count). The number of piperazine rings is 1. The SMILES string of the molecule is COc1cc(C)nc(N2CCNCC2(C)C)n1. The molecule has 1 aliphatic rings. The number of nitrogens with zero attached hydrogens (tertiary/aromatic N) is 3. The highest BCUT2D eigenvalue weighted by Crippen LogP contribution is 2.24. The van der Waals surface area contributed by atoms with Crippen LogP contribution in [0.5, 0.6) is 5.88 Å². The molecule has 1 fully saturated rings. The molecule has 1 aromatic rings. The summed E-state index contributed by atoms with van der Waals surface area (Å²) >= 11 is 0. The summed E-state index contributed by atoms with van der Waals surface area (Å²) in [7, 11) is 1.63. The average Bonchev–Trinajstić information content (AvgIpc) is 2.27. The van der Waals surface area contributed by atoms with Gasteiger partial charge in [-0.25, -0.2) is 4.98 Å². The fourth-order valence-electron chi connectivity index (χ4n) is 2.10. The third-order valence-corrected chi connectivity index (χ3v) is 3.07. The van der Waals surface area contributed by atoms with Gasteiger partial charge in [0.2, 0.25) is 11.8 Å². The van der Waals surface area contributed by atoms with Crippen LogP contribution in [0, 0.1) is 6.92 Å². The van der Waals surface area contributed by atoms with Gasteiger partial charge in [-0.2, -0.15) is 4.98 Å². The Bertz CT molecular complexity index is 405. The van der Waals surface area contributed by atoms with E-state index in [2.05, 4.69) is 34.0 Å². The van der Waals surface area contributed by atoms with Crippen LogP contribution in [-0.4, -0.2) is 42.3 Å². The normalized spacial score (nSPS) is 19.2. The first-order chi connectivity index (χ1) is 8.03. The second kappa shape index (κ2) is 4.49. The van der Waals surface area contributed by atoms with Crippen molar-refractivity contribution >= 4 is 5.95 Å². The van der Waals surface area contributed by atoms with Gasteiger partial charge in [-0.1, -0.05) is 0 Å². The van der Waals surface area contributed by atoms with E-state index in [-0.39, 0.29) is 5.54 Å². The zero-order valence-corrected chi connectivity index (χ0v) is 10.9. The van der Waals surface area contributed by atoms with E-state index in [1.54, 1.807) is 7.11 Å². The lowest BCUT2D eigenvalue weighted by molar-refractivity contribution is 0.366. The zero-order chi connectivity index (χ0) is 12.5. The van der Waals surface area contributed by atoms with E-state index in [0.717, 1.165) is 31.3 Å². The lowest BCUT2D eigenvalue weighted by atomic mass is 10.0. The minimum atomic E-state index is 0.0249. The van der Waals surface area contributed by atoms with E-state index in [1.807, 2.05) is 13.0 Å². The number of nitrogens with one attached hydrogen (secondary N) is 1. The van der Waals surface area contributed by atoms with Crippen LogP contribution in [0.25, 0.3) is 0 Å². The molecule has 0 aliphatic carbocycles. The van der Waals surface area contributed by atoms with Gasteiger partial charge in [0.25, 0.3) is 0 Å². The van der Waals surface area contributed by atoms with Crippen LogP contribution in [0.2, 0.25) is 0 Å². The maximum atomic E-state index is 5.20. The highest BCUT2D eigenvalue weighted by atomic mass is 16.5. The quantitative estimate of drug-likeness (QED) is 0.829. The highest BCUT2D eigenvalue weighted by Gasteiger charge is 2.31. The highest BCUT2D eigenvalue weighted by molar-refractivity contribution is 5.38. The van der Waals surface area contributed by atoms with Gasteiger partial charge in [-0.15, -0.1) is 0 Å². The first kappa shape index (κ1) is 12.1. The molecule has 1 N–H and O–H groups in total. The predicted octanol–water partition coefficient (Wildman–Crippen LogP) is 0.982. The molecular formula is C12H20N4O. The lowest BCUT2D eigenvalue weighted by Crippen LogP contribution is -2.58. The molecule has 0 saturated carbocycles. The first-order valence-electron chi connectivity index (χ1n) is 5.91. The average molecular weight is 236 g/mol. The maximum Gasteiger partial charge on any atom is 0.229 e. The van der Waals surface area contributed by atoms with E-state index >= 15 is 0 Å². The van der Waals surface area contributed by atoms with Gasteiger partial charge < -0.3 is 15.0 Å². The van der Waals surface area contributed by atoms with Crippen molar-refractivity contribution in [2.24, 2.45) is 0 Å². The standard InChI is InChI=1S/C12H20N4O/c1-9-7-10(17-4)15-11(14-9)16-6-5-13-8-12(16,2)3/h7,13H,5-6,8H2,1-4H3. The third kappa shape index (κ3) is 2.49. The third-order valence-electron chi connectivity index (χ3n) is 3.07. The Morgan fingerprint density at radius 1 is 1.41 bits per heavy atom. The van der Waals surface area contributed by atoms with Gasteiger partial charge >= 0.3 is 0 Å². The molecule has 0 bridgehead atoms. The van der Waals surface area contributed by atoms with Crippen LogP contribution in [0.1, 0.15) is 19.5 Å². The van der Waals surface area contributed by atoms with Crippen LogP contribution in [-0.2, 0) is 0 Å². The molecule has 1 saturated heterocycles. The Hall–Kier alpha value is -1.36. The van der Waals surface area contributed by atoms with Gasteiger partial charge in [0, 0.05) is 36.9 Å². The zero-order valence-electron chi connectivity index (χ0n) is 10.9. The van der Waals surface area contributed by atoms with E-state index in [9.17, 15) is 0 Å². The molecule has 0 atom stereocenters. The van der Waals surface area contributed by atoms with Crippen molar-refractivity contribution in [3.63, 3.8) is 0 Å². The van der Waals surface area contributed by atoms with E-state index in [4.69, 9.17) is 4.74 Å². The fourth-order valence-corrected chi connectivity index (χ4v) is 2.10. The summed E-state index contributed by atoms with van der Waals surface area (Å²) in [6.07, 6.45) is 0. The first-order valence-corrected chi connectivity index (χ1v) is 5.91. The smallest absolute Gasteiger partial charge is 0.229 e. The van der Waals surface area contributed by atoms with Crippen LogP contribution in [0.3, 0.4) is 0 Å². The van der Waals surface area contributed by atoms with Crippen molar-refractivity contribution in [1.82, 2.24) is 15.3 Å². The molecule has 0 spiro atoms. The van der Waals surface area contributed by atoms with Gasteiger partial charge in [0.1, 0.15) is 0 Å². The Labute approximate surface area is 102 Å². The maximum absolute atomic E-state index is 5.20. The summed E-state index contributed by atoms with van der Waals surface area (Å²) in [6, 6.07) is 1.85. The second-order valence-electron chi connectivity index (χ2n) is 4.99. The summed E-state index contributed by atoms with van der Waals surface area (Å²) in [5.74, 6) is 1.38. The number of methoxy groups -OCH3 is 1. The summed E-state index contributed by atoms with van der Waals surface area (Å²) in [5.41, 5.74) is 0.957. The number of anilines is 1. The van der Waals surface area contributed by atoms with Gasteiger partial charge in [-0.05, 0) is 20.8 Å². The van der Waals surface area contributed by atoms with Crippen LogP contribution >= 0.6 is 0 Å². The Morgan fingerprint density at radius 2 is 2.18 bits per heavy atom.